The van der Waals surface area contributed by atoms with Crippen molar-refractivity contribution < 1.29 is 0 Å². The summed E-state index contributed by atoms with van der Waals surface area (Å²) in [6.07, 6.45) is 6.19. The van der Waals surface area contributed by atoms with Crippen LogP contribution in [0.15, 0.2) is 29.1 Å². The van der Waals surface area contributed by atoms with E-state index >= 15 is 0 Å². The number of nitrogens with zero attached hydrogens (tertiary/aromatic N) is 3. The molecule has 1 aromatic carbocycles. The second kappa shape index (κ2) is 6.92. The quantitative estimate of drug-likeness (QED) is 0.852. The van der Waals surface area contributed by atoms with Crippen LogP contribution in [-0.2, 0) is 18.3 Å². The SMILES string of the molecule is NCCN1CC2(CCN(c3nc4c(c(=O)[nH]3)CCCC4)CC2)c2ccccc21. The largest absolute Gasteiger partial charge is 0.369 e. The maximum Gasteiger partial charge on any atom is 0.255 e. The van der Waals surface area contributed by atoms with Crippen molar-refractivity contribution >= 4 is 11.6 Å². The molecule has 0 amide bonds. The van der Waals surface area contributed by atoms with E-state index in [0.717, 1.165) is 81.9 Å². The van der Waals surface area contributed by atoms with Crippen molar-refractivity contribution in [2.75, 3.05) is 42.5 Å². The van der Waals surface area contributed by atoms with Gasteiger partial charge in [-0.15, -0.1) is 0 Å². The molecule has 0 bridgehead atoms. The lowest BCUT2D eigenvalue weighted by Gasteiger charge is -2.40. The number of aryl methyl sites for hydroxylation is 1. The van der Waals surface area contributed by atoms with Crippen molar-refractivity contribution in [2.24, 2.45) is 5.73 Å². The molecule has 1 saturated heterocycles. The van der Waals surface area contributed by atoms with Gasteiger partial charge in [0.1, 0.15) is 0 Å². The third kappa shape index (κ3) is 2.82. The van der Waals surface area contributed by atoms with Gasteiger partial charge >= 0.3 is 0 Å². The number of anilines is 2. The molecule has 0 atom stereocenters. The second-order valence-electron chi connectivity index (χ2n) is 8.52. The first-order chi connectivity index (χ1) is 13.7. The first-order valence-corrected chi connectivity index (χ1v) is 10.6. The minimum Gasteiger partial charge on any atom is -0.369 e. The molecule has 0 unspecified atom stereocenters. The molecular weight excluding hydrogens is 350 g/mol. The number of hydrogen-bond acceptors (Lipinski definition) is 5. The number of fused-ring (bicyclic) bond motifs is 3. The van der Waals surface area contributed by atoms with Gasteiger partial charge in [-0.25, -0.2) is 4.98 Å². The van der Waals surface area contributed by atoms with Crippen LogP contribution in [-0.4, -0.2) is 42.7 Å². The van der Waals surface area contributed by atoms with Crippen molar-refractivity contribution in [3.63, 3.8) is 0 Å². The third-order valence-electron chi connectivity index (χ3n) is 6.91. The van der Waals surface area contributed by atoms with Gasteiger partial charge in [-0.05, 0) is 50.2 Å². The van der Waals surface area contributed by atoms with Crippen molar-refractivity contribution in [1.82, 2.24) is 9.97 Å². The van der Waals surface area contributed by atoms with Crippen LogP contribution in [0.4, 0.5) is 11.6 Å². The molecule has 1 spiro atoms. The Bertz CT molecular complexity index is 929. The Morgan fingerprint density at radius 3 is 2.75 bits per heavy atom. The predicted octanol–water partition coefficient (Wildman–Crippen LogP) is 1.97. The number of rotatable bonds is 3. The van der Waals surface area contributed by atoms with E-state index in [9.17, 15) is 4.79 Å². The van der Waals surface area contributed by atoms with Gasteiger partial charge in [-0.3, -0.25) is 9.78 Å². The van der Waals surface area contributed by atoms with E-state index in [-0.39, 0.29) is 11.0 Å². The molecule has 5 rings (SSSR count). The van der Waals surface area contributed by atoms with Gasteiger partial charge in [0.2, 0.25) is 5.95 Å². The Labute approximate surface area is 165 Å². The van der Waals surface area contributed by atoms with Crippen LogP contribution in [0.25, 0.3) is 0 Å². The van der Waals surface area contributed by atoms with Crippen molar-refractivity contribution in [2.45, 2.75) is 43.9 Å². The molecule has 0 radical (unpaired) electrons. The summed E-state index contributed by atoms with van der Waals surface area (Å²) in [5.41, 5.74) is 10.9. The Kier molecular flexibility index (Phi) is 4.38. The number of hydrogen-bond donors (Lipinski definition) is 2. The molecule has 3 N–H and O–H groups in total. The first kappa shape index (κ1) is 17.7. The van der Waals surface area contributed by atoms with Gasteiger partial charge in [0, 0.05) is 49.4 Å². The van der Waals surface area contributed by atoms with Crippen LogP contribution in [0.2, 0.25) is 0 Å². The Morgan fingerprint density at radius 1 is 1.14 bits per heavy atom. The van der Waals surface area contributed by atoms with E-state index in [0.29, 0.717) is 6.54 Å². The predicted molar refractivity (Wildman–Crippen MR) is 112 cm³/mol. The minimum atomic E-state index is 0.0697. The Morgan fingerprint density at radius 2 is 1.93 bits per heavy atom. The van der Waals surface area contributed by atoms with Crippen LogP contribution >= 0.6 is 0 Å². The summed E-state index contributed by atoms with van der Waals surface area (Å²) in [6, 6.07) is 8.80. The molecule has 3 aliphatic rings. The average molecular weight is 380 g/mol. The van der Waals surface area contributed by atoms with Crippen molar-refractivity contribution in [1.29, 1.82) is 0 Å². The molecule has 2 aliphatic heterocycles. The molecule has 2 aromatic rings. The van der Waals surface area contributed by atoms with Crippen LogP contribution in [0.1, 0.15) is 42.5 Å². The lowest BCUT2D eigenvalue weighted by atomic mass is 9.74. The second-order valence-corrected chi connectivity index (χ2v) is 8.52. The van der Waals surface area contributed by atoms with Crippen LogP contribution < -0.4 is 21.1 Å². The number of aromatic nitrogens is 2. The number of nitrogens with two attached hydrogens (primary N) is 1. The zero-order valence-corrected chi connectivity index (χ0v) is 16.4. The monoisotopic (exact) mass is 379 g/mol. The molecule has 6 nitrogen and oxygen atoms in total. The molecule has 1 aromatic heterocycles. The lowest BCUT2D eigenvalue weighted by molar-refractivity contribution is 0.348. The summed E-state index contributed by atoms with van der Waals surface area (Å²) in [4.78, 5) is 25.1. The maximum atomic E-state index is 12.5. The smallest absolute Gasteiger partial charge is 0.255 e. The number of nitrogens with one attached hydrogen (secondary N) is 1. The highest BCUT2D eigenvalue weighted by Gasteiger charge is 2.44. The van der Waals surface area contributed by atoms with Crippen LogP contribution in [0, 0.1) is 0 Å². The normalized spacial score (nSPS) is 20.3. The van der Waals surface area contributed by atoms with Gasteiger partial charge in [0.25, 0.3) is 5.56 Å². The number of para-hydroxylation sites is 1. The maximum absolute atomic E-state index is 12.5. The van der Waals surface area contributed by atoms with E-state index in [1.54, 1.807) is 0 Å². The molecular formula is C22H29N5O. The highest BCUT2D eigenvalue weighted by Crippen LogP contribution is 2.47. The molecule has 6 heteroatoms. The third-order valence-corrected chi connectivity index (χ3v) is 6.91. The Balaban J connectivity index is 1.39. The molecule has 1 aliphatic carbocycles. The lowest BCUT2D eigenvalue weighted by Crippen LogP contribution is -2.46. The summed E-state index contributed by atoms with van der Waals surface area (Å²) in [7, 11) is 0. The van der Waals surface area contributed by atoms with Crippen molar-refractivity contribution in [3.05, 3.63) is 51.4 Å². The van der Waals surface area contributed by atoms with Gasteiger partial charge in [-0.2, -0.15) is 0 Å². The molecule has 1 fully saturated rings. The van der Waals surface area contributed by atoms with E-state index < -0.39 is 0 Å². The summed E-state index contributed by atoms with van der Waals surface area (Å²) in [6.45, 7) is 4.48. The number of piperidine rings is 1. The van der Waals surface area contributed by atoms with Gasteiger partial charge < -0.3 is 15.5 Å². The highest BCUT2D eigenvalue weighted by molar-refractivity contribution is 5.63. The molecule has 148 valence electrons. The zero-order chi connectivity index (χ0) is 19.1. The van der Waals surface area contributed by atoms with Crippen LogP contribution in [0.5, 0.6) is 0 Å². The summed E-state index contributed by atoms with van der Waals surface area (Å²) >= 11 is 0. The first-order valence-electron chi connectivity index (χ1n) is 10.6. The van der Waals surface area contributed by atoms with E-state index in [2.05, 4.69) is 39.0 Å². The number of H-pyrrole nitrogens is 1. The van der Waals surface area contributed by atoms with Crippen LogP contribution in [0.3, 0.4) is 0 Å². The van der Waals surface area contributed by atoms with Crippen molar-refractivity contribution in [3.8, 4) is 0 Å². The molecule has 0 saturated carbocycles. The highest BCUT2D eigenvalue weighted by atomic mass is 16.1. The number of benzene rings is 1. The fourth-order valence-electron chi connectivity index (χ4n) is 5.40. The Hall–Kier alpha value is -2.34. The minimum absolute atomic E-state index is 0.0697. The van der Waals surface area contributed by atoms with Gasteiger partial charge in [-0.1, -0.05) is 18.2 Å². The van der Waals surface area contributed by atoms with Gasteiger partial charge in [0.15, 0.2) is 0 Å². The standard InChI is InChI=1S/C22H29N5O/c23-11-14-27-15-22(17-6-2-4-8-19(17)27)9-12-26(13-10-22)21-24-18-7-3-1-5-16(18)20(28)25-21/h2,4,6,8H,1,3,5,7,9-15,23H2,(H,24,25,28). The fourth-order valence-corrected chi connectivity index (χ4v) is 5.40. The summed E-state index contributed by atoms with van der Waals surface area (Å²) in [5.74, 6) is 0.769. The molecule has 3 heterocycles. The summed E-state index contributed by atoms with van der Waals surface area (Å²) < 4.78 is 0. The zero-order valence-electron chi connectivity index (χ0n) is 16.4. The van der Waals surface area contributed by atoms with E-state index in [1.165, 1.54) is 11.3 Å². The summed E-state index contributed by atoms with van der Waals surface area (Å²) in [5, 5.41) is 0. The van der Waals surface area contributed by atoms with Gasteiger partial charge in [0.05, 0.1) is 5.69 Å². The number of aromatic amines is 1. The average Bonchev–Trinajstić information content (AvgIpc) is 3.02. The van der Waals surface area contributed by atoms with E-state index in [1.807, 2.05) is 0 Å². The topological polar surface area (TPSA) is 78.2 Å². The molecule has 28 heavy (non-hydrogen) atoms. The fraction of sp³-hybridized carbons (Fsp3) is 0.545. The van der Waals surface area contributed by atoms with E-state index in [4.69, 9.17) is 10.7 Å².